The van der Waals surface area contributed by atoms with Gasteiger partial charge < -0.3 is 4.79 Å². The summed E-state index contributed by atoms with van der Waals surface area (Å²) in [5.74, 6) is 0.812. The third kappa shape index (κ3) is 6.30. The van der Waals surface area contributed by atoms with E-state index in [4.69, 9.17) is 0 Å². The smallest absolute Gasteiger partial charge is 0.150 e. The summed E-state index contributed by atoms with van der Waals surface area (Å²) >= 11 is 0. The molecule has 134 valence electrons. The summed E-state index contributed by atoms with van der Waals surface area (Å²) in [4.78, 5) is 21.2. The van der Waals surface area contributed by atoms with Crippen molar-refractivity contribution in [1.29, 1.82) is 0 Å². The van der Waals surface area contributed by atoms with E-state index in [9.17, 15) is 9.59 Å². The number of carbonyl (C=O) groups is 2. The van der Waals surface area contributed by atoms with Gasteiger partial charge in [-0.3, -0.25) is 4.79 Å². The average Bonchev–Trinajstić information content (AvgIpc) is 2.60. The summed E-state index contributed by atoms with van der Waals surface area (Å²) in [6, 6.07) is 14.2. The predicted octanol–water partition coefficient (Wildman–Crippen LogP) is 5.87. The molecule has 2 heteroatoms. The number of benzene rings is 2. The SMILES string of the molecule is Cc1ccc(C(C)C)c(C=O)c1C(C)C.O=CCCc1ccccc1. The maximum Gasteiger partial charge on any atom is 0.150 e. The Morgan fingerprint density at radius 1 is 0.880 bits per heavy atom. The summed E-state index contributed by atoms with van der Waals surface area (Å²) in [5.41, 5.74) is 5.72. The van der Waals surface area contributed by atoms with Crippen molar-refractivity contribution in [3.63, 3.8) is 0 Å². The Balaban J connectivity index is 0.000000271. The number of aryl methyl sites for hydroxylation is 2. The van der Waals surface area contributed by atoms with Crippen molar-refractivity contribution in [2.45, 2.75) is 59.3 Å². The Bertz CT molecular complexity index is 670. The maximum atomic E-state index is 11.2. The third-order valence-corrected chi connectivity index (χ3v) is 4.25. The van der Waals surface area contributed by atoms with E-state index in [1.165, 1.54) is 22.3 Å². The first-order valence-corrected chi connectivity index (χ1v) is 8.98. The molecule has 0 bridgehead atoms. The van der Waals surface area contributed by atoms with E-state index < -0.39 is 0 Å². The van der Waals surface area contributed by atoms with Gasteiger partial charge in [-0.05, 0) is 47.4 Å². The second-order valence-corrected chi connectivity index (χ2v) is 6.92. The fourth-order valence-corrected chi connectivity index (χ4v) is 3.03. The Labute approximate surface area is 152 Å². The minimum Gasteiger partial charge on any atom is -0.303 e. The van der Waals surface area contributed by atoms with E-state index in [0.717, 1.165) is 24.6 Å². The highest BCUT2D eigenvalue weighted by Crippen LogP contribution is 2.29. The van der Waals surface area contributed by atoms with Crippen LogP contribution in [-0.2, 0) is 11.2 Å². The van der Waals surface area contributed by atoms with Gasteiger partial charge in [0.15, 0.2) is 6.29 Å². The fraction of sp³-hybridized carbons (Fsp3) is 0.391. The van der Waals surface area contributed by atoms with Crippen molar-refractivity contribution in [3.8, 4) is 0 Å². The number of carbonyl (C=O) groups excluding carboxylic acids is 2. The quantitative estimate of drug-likeness (QED) is 0.617. The van der Waals surface area contributed by atoms with Gasteiger partial charge in [-0.1, -0.05) is 70.2 Å². The number of aldehydes is 2. The zero-order valence-electron chi connectivity index (χ0n) is 16.1. The predicted molar refractivity (Wildman–Crippen MR) is 106 cm³/mol. The minimum absolute atomic E-state index is 0.406. The molecule has 0 N–H and O–H groups in total. The molecule has 0 aliphatic carbocycles. The fourth-order valence-electron chi connectivity index (χ4n) is 3.03. The van der Waals surface area contributed by atoms with Gasteiger partial charge in [0.2, 0.25) is 0 Å². The van der Waals surface area contributed by atoms with Crippen LogP contribution in [0.5, 0.6) is 0 Å². The minimum atomic E-state index is 0.406. The number of hydrogen-bond acceptors (Lipinski definition) is 2. The van der Waals surface area contributed by atoms with Crippen LogP contribution in [0.4, 0.5) is 0 Å². The first-order chi connectivity index (χ1) is 11.9. The van der Waals surface area contributed by atoms with E-state index in [1.807, 2.05) is 30.3 Å². The van der Waals surface area contributed by atoms with Gasteiger partial charge in [0.1, 0.15) is 6.29 Å². The summed E-state index contributed by atoms with van der Waals surface area (Å²) in [5, 5.41) is 0. The van der Waals surface area contributed by atoms with Crippen LogP contribution in [0, 0.1) is 6.92 Å². The molecule has 0 radical (unpaired) electrons. The van der Waals surface area contributed by atoms with Gasteiger partial charge in [-0.25, -0.2) is 0 Å². The highest BCUT2D eigenvalue weighted by atomic mass is 16.1. The standard InChI is InChI=1S/C14H20O.C9H10O/c1-9(2)12-7-6-11(5)14(10(3)4)13(12)8-15;10-8-4-7-9-5-2-1-3-6-9/h6-10H,1-5H3;1-3,5-6,8H,4,7H2. The highest BCUT2D eigenvalue weighted by molar-refractivity contribution is 5.81. The first kappa shape index (κ1) is 20.8. The topological polar surface area (TPSA) is 34.1 Å². The second-order valence-electron chi connectivity index (χ2n) is 6.92. The molecule has 2 nitrogen and oxygen atoms in total. The van der Waals surface area contributed by atoms with Crippen LogP contribution in [0.25, 0.3) is 0 Å². The molecule has 0 saturated heterocycles. The van der Waals surface area contributed by atoms with Gasteiger partial charge in [-0.2, -0.15) is 0 Å². The molecule has 0 aliphatic rings. The van der Waals surface area contributed by atoms with Crippen molar-refractivity contribution in [3.05, 3.63) is 70.3 Å². The monoisotopic (exact) mass is 338 g/mol. The van der Waals surface area contributed by atoms with Gasteiger partial charge in [-0.15, -0.1) is 0 Å². The number of rotatable bonds is 6. The van der Waals surface area contributed by atoms with E-state index in [0.29, 0.717) is 18.3 Å². The molecule has 0 aromatic heterocycles. The van der Waals surface area contributed by atoms with Gasteiger partial charge in [0, 0.05) is 12.0 Å². The lowest BCUT2D eigenvalue weighted by molar-refractivity contribution is -0.107. The summed E-state index contributed by atoms with van der Waals surface area (Å²) in [6.07, 6.45) is 3.46. The third-order valence-electron chi connectivity index (χ3n) is 4.25. The zero-order valence-corrected chi connectivity index (χ0v) is 16.1. The summed E-state index contributed by atoms with van der Waals surface area (Å²) in [7, 11) is 0. The molecular weight excluding hydrogens is 308 g/mol. The normalized spacial score (nSPS) is 10.4. The van der Waals surface area contributed by atoms with Crippen LogP contribution in [0.1, 0.15) is 78.6 Å². The van der Waals surface area contributed by atoms with Crippen LogP contribution in [0.15, 0.2) is 42.5 Å². The first-order valence-electron chi connectivity index (χ1n) is 8.98. The van der Waals surface area contributed by atoms with Crippen LogP contribution < -0.4 is 0 Å². The largest absolute Gasteiger partial charge is 0.303 e. The van der Waals surface area contributed by atoms with E-state index >= 15 is 0 Å². The van der Waals surface area contributed by atoms with Crippen LogP contribution in [0.2, 0.25) is 0 Å². The van der Waals surface area contributed by atoms with Crippen molar-refractivity contribution in [1.82, 2.24) is 0 Å². The second kappa shape index (κ2) is 10.6. The molecule has 0 spiro atoms. The highest BCUT2D eigenvalue weighted by Gasteiger charge is 2.15. The molecule has 2 aromatic carbocycles. The van der Waals surface area contributed by atoms with Crippen molar-refractivity contribution in [2.24, 2.45) is 0 Å². The Hall–Kier alpha value is -2.22. The van der Waals surface area contributed by atoms with Crippen molar-refractivity contribution >= 4 is 12.6 Å². The molecule has 0 saturated carbocycles. The van der Waals surface area contributed by atoms with Crippen molar-refractivity contribution in [2.75, 3.05) is 0 Å². The molecule has 25 heavy (non-hydrogen) atoms. The van der Waals surface area contributed by atoms with Crippen molar-refractivity contribution < 1.29 is 9.59 Å². The van der Waals surface area contributed by atoms with E-state index in [-0.39, 0.29) is 0 Å². The number of hydrogen-bond donors (Lipinski definition) is 0. The molecule has 0 fully saturated rings. The molecule has 0 amide bonds. The molecule has 0 unspecified atom stereocenters. The molecule has 0 aliphatic heterocycles. The maximum absolute atomic E-state index is 11.2. The van der Waals surface area contributed by atoms with Gasteiger partial charge in [0.05, 0.1) is 0 Å². The molecule has 2 rings (SSSR count). The molecule has 0 heterocycles. The van der Waals surface area contributed by atoms with E-state index in [2.05, 4.69) is 46.8 Å². The summed E-state index contributed by atoms with van der Waals surface area (Å²) in [6.45, 7) is 10.6. The van der Waals surface area contributed by atoms with Gasteiger partial charge >= 0.3 is 0 Å². The van der Waals surface area contributed by atoms with Crippen LogP contribution in [-0.4, -0.2) is 12.6 Å². The van der Waals surface area contributed by atoms with Crippen LogP contribution >= 0.6 is 0 Å². The summed E-state index contributed by atoms with van der Waals surface area (Å²) < 4.78 is 0. The zero-order chi connectivity index (χ0) is 18.8. The Morgan fingerprint density at radius 3 is 2.00 bits per heavy atom. The lowest BCUT2D eigenvalue weighted by Crippen LogP contribution is -2.04. The lowest BCUT2D eigenvalue weighted by Gasteiger charge is -2.18. The van der Waals surface area contributed by atoms with Gasteiger partial charge in [0.25, 0.3) is 0 Å². The molecule has 2 aromatic rings. The van der Waals surface area contributed by atoms with E-state index in [1.54, 1.807) is 0 Å². The average molecular weight is 338 g/mol. The Kier molecular flexibility index (Phi) is 8.83. The lowest BCUT2D eigenvalue weighted by atomic mass is 9.86. The molecule has 0 atom stereocenters. The molecular formula is C23H30O2. The Morgan fingerprint density at radius 2 is 1.52 bits per heavy atom. The van der Waals surface area contributed by atoms with Crippen LogP contribution in [0.3, 0.4) is 0 Å².